The highest BCUT2D eigenvalue weighted by Gasteiger charge is 2.23. The Morgan fingerprint density at radius 3 is 2.67 bits per heavy atom. The van der Waals surface area contributed by atoms with Crippen molar-refractivity contribution in [2.24, 2.45) is 0 Å². The second-order valence-corrected chi connectivity index (χ2v) is 7.10. The molecule has 0 bridgehead atoms. The average molecular weight is 305 g/mol. The van der Waals surface area contributed by atoms with Crippen LogP contribution >= 0.6 is 22.9 Å². The van der Waals surface area contributed by atoms with Crippen molar-refractivity contribution in [3.8, 4) is 0 Å². The van der Waals surface area contributed by atoms with Crippen LogP contribution in [0.3, 0.4) is 0 Å². The number of nitrogens with zero attached hydrogens (tertiary/aromatic N) is 1. The van der Waals surface area contributed by atoms with Crippen LogP contribution in [-0.2, 0) is 10.0 Å². The Kier molecular flexibility index (Phi) is 3.47. The van der Waals surface area contributed by atoms with Gasteiger partial charge in [-0.05, 0) is 18.2 Å². The lowest BCUT2D eigenvalue weighted by molar-refractivity contribution is 0.596. The van der Waals surface area contributed by atoms with Gasteiger partial charge in [-0.1, -0.05) is 29.0 Å². The van der Waals surface area contributed by atoms with Gasteiger partial charge in [0.25, 0.3) is 10.0 Å². The van der Waals surface area contributed by atoms with Gasteiger partial charge in [-0.15, -0.1) is 0 Å². The molecule has 5 nitrogen and oxygen atoms in total. The van der Waals surface area contributed by atoms with E-state index in [9.17, 15) is 13.2 Å². The summed E-state index contributed by atoms with van der Waals surface area (Å²) >= 11 is 6.46. The number of thiazole rings is 1. The predicted octanol–water partition coefficient (Wildman–Crippen LogP) is 1.91. The van der Waals surface area contributed by atoms with Crippen molar-refractivity contribution in [3.05, 3.63) is 45.2 Å². The molecule has 1 aromatic heterocycles. The van der Waals surface area contributed by atoms with Crippen molar-refractivity contribution in [2.45, 2.75) is 4.21 Å². The van der Waals surface area contributed by atoms with Crippen LogP contribution in [0.5, 0.6) is 0 Å². The predicted molar refractivity (Wildman–Crippen MR) is 72.0 cm³/mol. The molecule has 0 atom stereocenters. The van der Waals surface area contributed by atoms with Gasteiger partial charge in [0, 0.05) is 18.3 Å². The van der Waals surface area contributed by atoms with Gasteiger partial charge in [0.2, 0.25) is 0 Å². The van der Waals surface area contributed by atoms with E-state index in [1.54, 1.807) is 18.2 Å². The van der Waals surface area contributed by atoms with Crippen molar-refractivity contribution in [1.29, 1.82) is 0 Å². The quantitative estimate of drug-likeness (QED) is 0.941. The standard InChI is InChI=1S/C10H9ClN2O3S2/c1-13(8-4-2-3-7(11)5-8)18(15,16)9-6-12-10(14)17-9/h2-6H,1H3,(H,12,14). The van der Waals surface area contributed by atoms with E-state index in [-0.39, 0.29) is 4.21 Å². The molecule has 1 heterocycles. The van der Waals surface area contributed by atoms with Crippen LogP contribution < -0.4 is 9.18 Å². The summed E-state index contributed by atoms with van der Waals surface area (Å²) in [5.41, 5.74) is 0.434. The van der Waals surface area contributed by atoms with Gasteiger partial charge in [0.05, 0.1) is 5.69 Å². The highest BCUT2D eigenvalue weighted by atomic mass is 35.5. The van der Waals surface area contributed by atoms with Crippen molar-refractivity contribution in [3.63, 3.8) is 0 Å². The van der Waals surface area contributed by atoms with E-state index in [4.69, 9.17) is 11.6 Å². The number of halogens is 1. The smallest absolute Gasteiger partial charge is 0.305 e. The number of hydrogen-bond donors (Lipinski definition) is 1. The molecule has 0 aliphatic rings. The van der Waals surface area contributed by atoms with Crippen LogP contribution in [0.1, 0.15) is 0 Å². The zero-order valence-corrected chi connectivity index (χ0v) is 11.6. The van der Waals surface area contributed by atoms with Gasteiger partial charge in [-0.2, -0.15) is 0 Å². The van der Waals surface area contributed by atoms with Gasteiger partial charge in [-0.25, -0.2) is 8.42 Å². The maximum atomic E-state index is 12.2. The number of anilines is 1. The molecule has 0 fully saturated rings. The SMILES string of the molecule is CN(c1cccc(Cl)c1)S(=O)(=O)c1c[nH]c(=O)s1. The van der Waals surface area contributed by atoms with E-state index in [0.717, 1.165) is 4.31 Å². The number of hydrogen-bond acceptors (Lipinski definition) is 4. The molecular weight excluding hydrogens is 296 g/mol. The number of nitrogens with one attached hydrogen (secondary N) is 1. The second kappa shape index (κ2) is 4.75. The van der Waals surface area contributed by atoms with Gasteiger partial charge in [-0.3, -0.25) is 9.10 Å². The summed E-state index contributed by atoms with van der Waals surface area (Å²) < 4.78 is 25.4. The fourth-order valence-corrected chi connectivity index (χ4v) is 3.80. The van der Waals surface area contributed by atoms with E-state index in [1.807, 2.05) is 0 Å². The number of aromatic amines is 1. The third kappa shape index (κ3) is 2.43. The summed E-state index contributed by atoms with van der Waals surface area (Å²) in [5.74, 6) is 0. The summed E-state index contributed by atoms with van der Waals surface area (Å²) in [6, 6.07) is 6.47. The Balaban J connectivity index is 2.45. The summed E-state index contributed by atoms with van der Waals surface area (Å²) in [4.78, 5) is 12.9. The maximum absolute atomic E-state index is 12.2. The molecule has 96 valence electrons. The Morgan fingerprint density at radius 1 is 1.39 bits per heavy atom. The normalized spacial score (nSPS) is 11.4. The molecule has 0 amide bonds. The van der Waals surface area contributed by atoms with Crippen LogP contribution in [0.4, 0.5) is 5.69 Å². The lowest BCUT2D eigenvalue weighted by atomic mass is 10.3. The monoisotopic (exact) mass is 304 g/mol. The second-order valence-electron chi connectivity index (χ2n) is 3.45. The van der Waals surface area contributed by atoms with Crippen LogP contribution in [0.2, 0.25) is 5.02 Å². The number of sulfonamides is 1. The first-order valence-electron chi connectivity index (χ1n) is 4.84. The van der Waals surface area contributed by atoms with Crippen molar-refractivity contribution in [1.82, 2.24) is 4.98 Å². The minimum atomic E-state index is -3.73. The molecule has 0 saturated carbocycles. The van der Waals surface area contributed by atoms with Crippen LogP contribution in [0, 0.1) is 0 Å². The minimum Gasteiger partial charge on any atom is -0.318 e. The van der Waals surface area contributed by atoms with Gasteiger partial charge in [0.1, 0.15) is 0 Å². The summed E-state index contributed by atoms with van der Waals surface area (Å²) in [6.07, 6.45) is 1.18. The Morgan fingerprint density at radius 2 is 2.11 bits per heavy atom. The van der Waals surface area contributed by atoms with Gasteiger partial charge >= 0.3 is 4.87 Å². The first-order chi connectivity index (χ1) is 8.41. The lowest BCUT2D eigenvalue weighted by Gasteiger charge is -2.18. The highest BCUT2D eigenvalue weighted by molar-refractivity contribution is 7.94. The maximum Gasteiger partial charge on any atom is 0.305 e. The summed E-state index contributed by atoms with van der Waals surface area (Å²) in [6.45, 7) is 0. The average Bonchev–Trinajstić information content (AvgIpc) is 2.75. The third-order valence-electron chi connectivity index (χ3n) is 2.29. The summed E-state index contributed by atoms with van der Waals surface area (Å²) in [5, 5.41) is 0.441. The first kappa shape index (κ1) is 13.1. The molecule has 0 unspecified atom stereocenters. The summed E-state index contributed by atoms with van der Waals surface area (Å²) in [7, 11) is -2.32. The fourth-order valence-electron chi connectivity index (χ4n) is 1.34. The number of H-pyrrole nitrogens is 1. The molecule has 0 radical (unpaired) electrons. The molecular formula is C10H9ClN2O3S2. The third-order valence-corrected chi connectivity index (χ3v) is 5.59. The van der Waals surface area contributed by atoms with Gasteiger partial charge in [0.15, 0.2) is 4.21 Å². The highest BCUT2D eigenvalue weighted by Crippen LogP contribution is 2.24. The van der Waals surface area contributed by atoms with E-state index >= 15 is 0 Å². The lowest BCUT2D eigenvalue weighted by Crippen LogP contribution is -2.25. The number of benzene rings is 1. The molecule has 0 spiro atoms. The molecule has 2 aromatic rings. The van der Waals surface area contributed by atoms with Crippen LogP contribution in [0.25, 0.3) is 0 Å². The van der Waals surface area contributed by atoms with Crippen molar-refractivity contribution < 1.29 is 8.42 Å². The van der Waals surface area contributed by atoms with Gasteiger partial charge < -0.3 is 4.98 Å². The van der Waals surface area contributed by atoms with E-state index in [0.29, 0.717) is 22.0 Å². The first-order valence-corrected chi connectivity index (χ1v) is 7.48. The number of aromatic nitrogens is 1. The fraction of sp³-hybridized carbons (Fsp3) is 0.100. The molecule has 1 N–H and O–H groups in total. The molecule has 0 aliphatic heterocycles. The van der Waals surface area contributed by atoms with Crippen LogP contribution in [0.15, 0.2) is 39.5 Å². The zero-order valence-electron chi connectivity index (χ0n) is 9.25. The molecule has 1 aromatic carbocycles. The largest absolute Gasteiger partial charge is 0.318 e. The molecule has 2 rings (SSSR count). The number of rotatable bonds is 3. The molecule has 0 aliphatic carbocycles. The Hall–Kier alpha value is -1.31. The van der Waals surface area contributed by atoms with E-state index in [1.165, 1.54) is 19.3 Å². The van der Waals surface area contributed by atoms with Crippen LogP contribution in [-0.4, -0.2) is 20.4 Å². The molecule has 0 saturated heterocycles. The molecule has 18 heavy (non-hydrogen) atoms. The van der Waals surface area contributed by atoms with E-state index in [2.05, 4.69) is 4.98 Å². The van der Waals surface area contributed by atoms with Crippen molar-refractivity contribution in [2.75, 3.05) is 11.4 Å². The Bertz CT molecular complexity index is 720. The minimum absolute atomic E-state index is 0.0324. The molecule has 8 heteroatoms. The topological polar surface area (TPSA) is 70.2 Å². The van der Waals surface area contributed by atoms with Crippen molar-refractivity contribution >= 4 is 38.6 Å². The zero-order chi connectivity index (χ0) is 13.3. The Labute approximate surface area is 113 Å². The van der Waals surface area contributed by atoms with E-state index < -0.39 is 14.9 Å².